The van der Waals surface area contributed by atoms with Gasteiger partial charge in [0, 0.05) is 29.9 Å². The number of anilines is 1. The number of hydrogen-bond acceptors (Lipinski definition) is 6. The Bertz CT molecular complexity index is 895. The van der Waals surface area contributed by atoms with Crippen LogP contribution in [0.25, 0.3) is 0 Å². The molecule has 0 aliphatic rings. The van der Waals surface area contributed by atoms with Crippen LogP contribution >= 0.6 is 22.9 Å². The number of halogens is 1. The van der Waals surface area contributed by atoms with Gasteiger partial charge in [0.05, 0.1) is 17.2 Å². The number of amides is 1. The standard InChI is InChI=1S/C17H22ClN3O4S2/c1-4-21(5-2)17(22)25-10-9-13-11-26-16(19-13)20-27(23,24)15-8-6-7-14(18)12(15)3/h6-8,11H,4-5,9-10H2,1-3H3,(H,19,20). The van der Waals surface area contributed by atoms with E-state index in [1.807, 2.05) is 13.8 Å². The van der Waals surface area contributed by atoms with E-state index in [0.717, 1.165) is 0 Å². The second kappa shape index (κ2) is 9.38. The highest BCUT2D eigenvalue weighted by Gasteiger charge is 2.20. The average Bonchev–Trinajstić information content (AvgIpc) is 3.04. The van der Waals surface area contributed by atoms with Gasteiger partial charge in [-0.15, -0.1) is 11.3 Å². The van der Waals surface area contributed by atoms with Gasteiger partial charge in [0.2, 0.25) is 0 Å². The molecule has 148 valence electrons. The quantitative estimate of drug-likeness (QED) is 0.684. The van der Waals surface area contributed by atoms with Gasteiger partial charge in [-0.3, -0.25) is 4.72 Å². The van der Waals surface area contributed by atoms with Crippen molar-refractivity contribution in [2.24, 2.45) is 0 Å². The summed E-state index contributed by atoms with van der Waals surface area (Å²) in [6.07, 6.45) is 0.0362. The van der Waals surface area contributed by atoms with Gasteiger partial charge in [0.15, 0.2) is 5.13 Å². The number of rotatable bonds is 8. The zero-order valence-corrected chi connectivity index (χ0v) is 17.7. The van der Waals surface area contributed by atoms with E-state index in [1.54, 1.807) is 29.3 Å². The lowest BCUT2D eigenvalue weighted by atomic mass is 10.2. The monoisotopic (exact) mass is 431 g/mol. The molecule has 7 nitrogen and oxygen atoms in total. The average molecular weight is 432 g/mol. The summed E-state index contributed by atoms with van der Waals surface area (Å²) in [5.74, 6) is 0. The van der Waals surface area contributed by atoms with Gasteiger partial charge in [-0.2, -0.15) is 0 Å². The molecule has 0 spiro atoms. The lowest BCUT2D eigenvalue weighted by molar-refractivity contribution is 0.107. The number of nitrogens with one attached hydrogen (secondary N) is 1. The number of carbonyl (C=O) groups excluding carboxylic acids is 1. The SMILES string of the molecule is CCN(CC)C(=O)OCCc1csc(NS(=O)(=O)c2cccc(Cl)c2C)n1. The molecule has 1 heterocycles. The van der Waals surface area contributed by atoms with Crippen molar-refractivity contribution in [2.75, 3.05) is 24.4 Å². The summed E-state index contributed by atoms with van der Waals surface area (Å²) < 4.78 is 32.8. The summed E-state index contributed by atoms with van der Waals surface area (Å²) >= 11 is 7.17. The fourth-order valence-electron chi connectivity index (χ4n) is 2.33. The van der Waals surface area contributed by atoms with Gasteiger partial charge in [-0.25, -0.2) is 18.2 Å². The van der Waals surface area contributed by atoms with Crippen LogP contribution in [0.2, 0.25) is 5.02 Å². The molecule has 1 aromatic carbocycles. The van der Waals surface area contributed by atoms with Gasteiger partial charge in [-0.05, 0) is 38.5 Å². The Morgan fingerprint density at radius 2 is 2.04 bits per heavy atom. The number of nitrogens with zero attached hydrogens (tertiary/aromatic N) is 2. The summed E-state index contributed by atoms with van der Waals surface area (Å²) in [7, 11) is -3.78. The van der Waals surface area contributed by atoms with Crippen LogP contribution in [0.4, 0.5) is 9.93 Å². The maximum Gasteiger partial charge on any atom is 0.409 e. The molecule has 0 aliphatic carbocycles. The van der Waals surface area contributed by atoms with Crippen molar-refractivity contribution in [1.29, 1.82) is 0 Å². The number of ether oxygens (including phenoxy) is 1. The Balaban J connectivity index is 1.97. The molecule has 2 rings (SSSR count). The molecule has 2 aromatic rings. The summed E-state index contributed by atoms with van der Waals surface area (Å²) in [6.45, 7) is 6.76. The molecule has 0 fully saturated rings. The van der Waals surface area contributed by atoms with E-state index < -0.39 is 10.0 Å². The Morgan fingerprint density at radius 3 is 2.70 bits per heavy atom. The Morgan fingerprint density at radius 1 is 1.33 bits per heavy atom. The largest absolute Gasteiger partial charge is 0.449 e. The molecule has 0 radical (unpaired) electrons. The Hall–Kier alpha value is -1.84. The molecular weight excluding hydrogens is 410 g/mol. The highest BCUT2D eigenvalue weighted by atomic mass is 35.5. The van der Waals surface area contributed by atoms with E-state index in [9.17, 15) is 13.2 Å². The first-order valence-corrected chi connectivity index (χ1v) is 11.2. The van der Waals surface area contributed by atoms with Crippen molar-refractivity contribution in [1.82, 2.24) is 9.88 Å². The predicted molar refractivity (Wildman–Crippen MR) is 107 cm³/mol. The number of aromatic nitrogens is 1. The maximum absolute atomic E-state index is 12.6. The van der Waals surface area contributed by atoms with Gasteiger partial charge in [-0.1, -0.05) is 17.7 Å². The van der Waals surface area contributed by atoms with Crippen LogP contribution in [0.5, 0.6) is 0 Å². The molecule has 0 atom stereocenters. The van der Waals surface area contributed by atoms with Crippen molar-refractivity contribution < 1.29 is 17.9 Å². The van der Waals surface area contributed by atoms with E-state index in [2.05, 4.69) is 9.71 Å². The van der Waals surface area contributed by atoms with E-state index in [1.165, 1.54) is 17.4 Å². The van der Waals surface area contributed by atoms with Gasteiger partial charge < -0.3 is 9.64 Å². The molecule has 27 heavy (non-hydrogen) atoms. The van der Waals surface area contributed by atoms with Gasteiger partial charge >= 0.3 is 6.09 Å². The molecule has 0 saturated heterocycles. The topological polar surface area (TPSA) is 88.6 Å². The van der Waals surface area contributed by atoms with Crippen LogP contribution in [0.15, 0.2) is 28.5 Å². The molecular formula is C17H22ClN3O4S2. The van der Waals surface area contributed by atoms with Gasteiger partial charge in [0.25, 0.3) is 10.0 Å². The summed E-state index contributed by atoms with van der Waals surface area (Å²) in [5, 5.41) is 2.36. The highest BCUT2D eigenvalue weighted by Crippen LogP contribution is 2.26. The maximum atomic E-state index is 12.6. The second-order valence-electron chi connectivity index (χ2n) is 5.65. The van der Waals surface area contributed by atoms with Gasteiger partial charge in [0.1, 0.15) is 0 Å². The third-order valence-corrected chi connectivity index (χ3v) is 6.71. The van der Waals surface area contributed by atoms with Crippen molar-refractivity contribution in [3.05, 3.63) is 39.9 Å². The van der Waals surface area contributed by atoms with Crippen molar-refractivity contribution in [2.45, 2.75) is 32.1 Å². The van der Waals surface area contributed by atoms with Crippen molar-refractivity contribution in [3.8, 4) is 0 Å². The number of benzene rings is 1. The highest BCUT2D eigenvalue weighted by molar-refractivity contribution is 7.93. The zero-order valence-electron chi connectivity index (χ0n) is 15.4. The molecule has 0 aliphatic heterocycles. The third kappa shape index (κ3) is 5.57. The first kappa shape index (κ1) is 21.5. The minimum atomic E-state index is -3.78. The summed E-state index contributed by atoms with van der Waals surface area (Å²) in [5.41, 5.74) is 1.12. The molecule has 0 saturated carbocycles. The minimum Gasteiger partial charge on any atom is -0.449 e. The number of sulfonamides is 1. The lowest BCUT2D eigenvalue weighted by Crippen LogP contribution is -2.31. The van der Waals surface area contributed by atoms with E-state index in [-0.39, 0.29) is 22.7 Å². The normalized spacial score (nSPS) is 11.3. The lowest BCUT2D eigenvalue weighted by Gasteiger charge is -2.17. The number of thiazole rings is 1. The first-order chi connectivity index (χ1) is 12.8. The van der Waals surface area contributed by atoms with Crippen molar-refractivity contribution >= 4 is 44.2 Å². The second-order valence-corrected chi connectivity index (χ2v) is 8.57. The van der Waals surface area contributed by atoms with E-state index in [4.69, 9.17) is 16.3 Å². The zero-order chi connectivity index (χ0) is 20.0. The Labute approximate surface area is 168 Å². The third-order valence-electron chi connectivity index (χ3n) is 3.89. The van der Waals surface area contributed by atoms with Crippen LogP contribution in [-0.4, -0.2) is 44.1 Å². The predicted octanol–water partition coefficient (Wildman–Crippen LogP) is 3.93. The number of hydrogen-bond donors (Lipinski definition) is 1. The van der Waals surface area contributed by atoms with Crippen LogP contribution in [0.3, 0.4) is 0 Å². The molecule has 10 heteroatoms. The fourth-order valence-corrected chi connectivity index (χ4v) is 4.83. The van der Waals surface area contributed by atoms with Crippen LogP contribution in [-0.2, 0) is 21.2 Å². The Kier molecular flexibility index (Phi) is 7.46. The first-order valence-electron chi connectivity index (χ1n) is 8.42. The molecule has 1 N–H and O–H groups in total. The van der Waals surface area contributed by atoms with Crippen LogP contribution in [0, 0.1) is 6.92 Å². The summed E-state index contributed by atoms with van der Waals surface area (Å²) in [4.78, 5) is 17.7. The van der Waals surface area contributed by atoms with Crippen molar-refractivity contribution in [3.63, 3.8) is 0 Å². The number of carbonyl (C=O) groups is 1. The molecule has 0 unspecified atom stereocenters. The van der Waals surface area contributed by atoms with E-state index >= 15 is 0 Å². The smallest absolute Gasteiger partial charge is 0.409 e. The molecule has 1 aromatic heterocycles. The fraction of sp³-hybridized carbons (Fsp3) is 0.412. The van der Waals surface area contributed by atoms with E-state index in [0.29, 0.717) is 35.8 Å². The van der Waals surface area contributed by atoms with Crippen LogP contribution < -0.4 is 4.72 Å². The minimum absolute atomic E-state index is 0.111. The molecule has 0 bridgehead atoms. The molecule has 1 amide bonds. The summed E-state index contributed by atoms with van der Waals surface area (Å²) in [6, 6.07) is 4.71. The van der Waals surface area contributed by atoms with Crippen LogP contribution in [0.1, 0.15) is 25.1 Å².